The highest BCUT2D eigenvalue weighted by atomic mass is 16.4. The number of rotatable bonds is 5. The average Bonchev–Trinajstić information content (AvgIpc) is 2.36. The first-order valence-electron chi connectivity index (χ1n) is 6.68. The highest BCUT2D eigenvalue weighted by Gasteiger charge is 2.33. The van der Waals surface area contributed by atoms with Gasteiger partial charge >= 0.3 is 5.97 Å². The van der Waals surface area contributed by atoms with Crippen LogP contribution in [0.25, 0.3) is 0 Å². The van der Waals surface area contributed by atoms with Crippen LogP contribution in [-0.2, 0) is 16.0 Å². The molecule has 1 aromatic rings. The molecule has 6 nitrogen and oxygen atoms in total. The Morgan fingerprint density at radius 3 is 2.19 bits per heavy atom. The minimum Gasteiger partial charge on any atom is -0.508 e. The van der Waals surface area contributed by atoms with Crippen molar-refractivity contribution in [3.63, 3.8) is 0 Å². The lowest BCUT2D eigenvalue weighted by Gasteiger charge is -2.28. The van der Waals surface area contributed by atoms with Crippen LogP contribution in [0, 0.1) is 5.41 Å². The molecule has 1 amide bonds. The van der Waals surface area contributed by atoms with E-state index < -0.39 is 29.4 Å². The van der Waals surface area contributed by atoms with Gasteiger partial charge in [-0.2, -0.15) is 0 Å². The Morgan fingerprint density at radius 1 is 1.24 bits per heavy atom. The third-order valence-corrected chi connectivity index (χ3v) is 3.13. The molecule has 6 heteroatoms. The van der Waals surface area contributed by atoms with Crippen molar-refractivity contribution in [2.75, 3.05) is 0 Å². The van der Waals surface area contributed by atoms with E-state index in [-0.39, 0.29) is 12.2 Å². The smallest absolute Gasteiger partial charge is 0.326 e. The number of nitrogens with two attached hydrogens (primary N) is 1. The number of hydrogen-bond donors (Lipinski definition) is 4. The molecule has 2 atom stereocenters. The van der Waals surface area contributed by atoms with E-state index in [9.17, 15) is 19.8 Å². The molecule has 0 fully saturated rings. The summed E-state index contributed by atoms with van der Waals surface area (Å²) in [6.45, 7) is 5.20. The molecule has 5 N–H and O–H groups in total. The van der Waals surface area contributed by atoms with E-state index in [1.807, 2.05) is 0 Å². The summed E-state index contributed by atoms with van der Waals surface area (Å²) in [4.78, 5) is 23.2. The fraction of sp³-hybridized carbons (Fsp3) is 0.467. The number of aromatic hydroxyl groups is 1. The molecule has 0 aliphatic carbocycles. The summed E-state index contributed by atoms with van der Waals surface area (Å²) in [7, 11) is 0. The van der Waals surface area contributed by atoms with Crippen molar-refractivity contribution in [3.8, 4) is 5.75 Å². The zero-order chi connectivity index (χ0) is 16.2. The molecule has 0 spiro atoms. The molecule has 21 heavy (non-hydrogen) atoms. The van der Waals surface area contributed by atoms with Crippen LogP contribution in [0.2, 0.25) is 0 Å². The van der Waals surface area contributed by atoms with Crippen molar-refractivity contribution in [1.29, 1.82) is 0 Å². The number of amides is 1. The molecule has 0 aliphatic heterocycles. The highest BCUT2D eigenvalue weighted by Crippen LogP contribution is 2.19. The van der Waals surface area contributed by atoms with Crippen LogP contribution in [0.3, 0.4) is 0 Å². The Bertz CT molecular complexity index is 505. The monoisotopic (exact) mass is 294 g/mol. The van der Waals surface area contributed by atoms with Gasteiger partial charge in [-0.3, -0.25) is 4.79 Å². The van der Waals surface area contributed by atoms with E-state index in [1.165, 1.54) is 12.1 Å². The van der Waals surface area contributed by atoms with Crippen LogP contribution in [0.5, 0.6) is 5.75 Å². The molecule has 0 aliphatic rings. The number of phenols is 1. The molecule has 116 valence electrons. The lowest BCUT2D eigenvalue weighted by Crippen LogP contribution is -2.54. The zero-order valence-corrected chi connectivity index (χ0v) is 12.5. The van der Waals surface area contributed by atoms with Gasteiger partial charge in [0.15, 0.2) is 0 Å². The van der Waals surface area contributed by atoms with Crippen molar-refractivity contribution < 1.29 is 19.8 Å². The van der Waals surface area contributed by atoms with Crippen molar-refractivity contribution in [1.82, 2.24) is 5.32 Å². The Labute approximate surface area is 124 Å². The molecule has 0 radical (unpaired) electrons. The van der Waals surface area contributed by atoms with E-state index in [1.54, 1.807) is 32.9 Å². The van der Waals surface area contributed by atoms with Crippen LogP contribution in [0.15, 0.2) is 24.3 Å². The fourth-order valence-electron chi connectivity index (χ4n) is 1.88. The maximum atomic E-state index is 12.0. The van der Waals surface area contributed by atoms with Crippen LogP contribution in [0.4, 0.5) is 0 Å². The number of nitrogens with one attached hydrogen (secondary N) is 1. The van der Waals surface area contributed by atoms with Gasteiger partial charge in [0.2, 0.25) is 5.91 Å². The fourth-order valence-corrected chi connectivity index (χ4v) is 1.88. The normalized spacial score (nSPS) is 14.3. The first-order chi connectivity index (χ1) is 9.61. The molecule has 0 aromatic heterocycles. The molecule has 1 aromatic carbocycles. The predicted molar refractivity (Wildman–Crippen MR) is 78.8 cm³/mol. The van der Waals surface area contributed by atoms with Crippen LogP contribution in [-0.4, -0.2) is 34.2 Å². The Kier molecular flexibility index (Phi) is 5.32. The van der Waals surface area contributed by atoms with Gasteiger partial charge in [0, 0.05) is 0 Å². The van der Waals surface area contributed by atoms with Crippen molar-refractivity contribution in [3.05, 3.63) is 29.8 Å². The summed E-state index contributed by atoms with van der Waals surface area (Å²) in [5, 5.41) is 20.8. The van der Waals surface area contributed by atoms with Gasteiger partial charge in [-0.25, -0.2) is 4.79 Å². The predicted octanol–water partition coefficient (Wildman–Crippen LogP) is 0.877. The van der Waals surface area contributed by atoms with E-state index in [4.69, 9.17) is 5.73 Å². The van der Waals surface area contributed by atoms with Crippen LogP contribution < -0.4 is 11.1 Å². The van der Waals surface area contributed by atoms with E-state index in [2.05, 4.69) is 5.32 Å². The second kappa shape index (κ2) is 6.58. The van der Waals surface area contributed by atoms with Gasteiger partial charge in [-0.05, 0) is 29.5 Å². The summed E-state index contributed by atoms with van der Waals surface area (Å²) in [6.07, 6.45) is 0.266. The number of phenolic OH excluding ortho intramolecular Hbond substituents is 1. The number of benzene rings is 1. The van der Waals surface area contributed by atoms with E-state index in [0.717, 1.165) is 5.56 Å². The second-order valence-corrected chi connectivity index (χ2v) is 6.12. The molecular formula is C15H22N2O4. The van der Waals surface area contributed by atoms with Crippen molar-refractivity contribution in [2.24, 2.45) is 11.1 Å². The van der Waals surface area contributed by atoms with Gasteiger partial charge in [0.1, 0.15) is 11.8 Å². The number of hydrogen-bond acceptors (Lipinski definition) is 4. The number of carboxylic acids is 1. The molecule has 0 unspecified atom stereocenters. The number of carboxylic acid groups (broad SMARTS) is 1. The molecule has 1 rings (SSSR count). The van der Waals surface area contributed by atoms with Crippen LogP contribution in [0.1, 0.15) is 26.3 Å². The number of aliphatic carboxylic acids is 1. The SMILES string of the molecule is CC(C)(C)[C@@H](NC(=O)[C@H](N)Cc1ccc(O)cc1)C(=O)O. The Hall–Kier alpha value is -2.08. The average molecular weight is 294 g/mol. The molecule has 0 saturated carbocycles. The first kappa shape index (κ1) is 17.0. The summed E-state index contributed by atoms with van der Waals surface area (Å²) in [5.74, 6) is -1.46. The van der Waals surface area contributed by atoms with Crippen molar-refractivity contribution >= 4 is 11.9 Å². The third kappa shape index (κ3) is 5.07. The van der Waals surface area contributed by atoms with Gasteiger partial charge in [0.25, 0.3) is 0 Å². The topological polar surface area (TPSA) is 113 Å². The van der Waals surface area contributed by atoms with Crippen molar-refractivity contribution in [2.45, 2.75) is 39.3 Å². The standard InChI is InChI=1S/C15H22N2O4/c1-15(2,3)12(14(20)21)17-13(19)11(16)8-9-4-6-10(18)7-5-9/h4-7,11-12,18H,8,16H2,1-3H3,(H,17,19)(H,20,21)/t11-,12+/m1/s1. The van der Waals surface area contributed by atoms with E-state index >= 15 is 0 Å². The summed E-state index contributed by atoms with van der Waals surface area (Å²) >= 11 is 0. The Balaban J connectivity index is 2.69. The first-order valence-corrected chi connectivity index (χ1v) is 6.68. The number of carbonyl (C=O) groups is 2. The third-order valence-electron chi connectivity index (χ3n) is 3.13. The minimum absolute atomic E-state index is 0.135. The summed E-state index contributed by atoms with van der Waals surface area (Å²) in [6, 6.07) is 4.50. The largest absolute Gasteiger partial charge is 0.508 e. The van der Waals surface area contributed by atoms with Crippen LogP contribution >= 0.6 is 0 Å². The Morgan fingerprint density at radius 2 is 1.76 bits per heavy atom. The molecule has 0 heterocycles. The summed E-state index contributed by atoms with van der Waals surface area (Å²) < 4.78 is 0. The quantitative estimate of drug-likeness (QED) is 0.644. The molecular weight excluding hydrogens is 272 g/mol. The van der Waals surface area contributed by atoms with Gasteiger partial charge < -0.3 is 21.3 Å². The van der Waals surface area contributed by atoms with E-state index in [0.29, 0.717) is 0 Å². The number of carbonyl (C=O) groups excluding carboxylic acids is 1. The second-order valence-electron chi connectivity index (χ2n) is 6.12. The minimum atomic E-state index is -1.09. The molecule has 0 bridgehead atoms. The highest BCUT2D eigenvalue weighted by molar-refractivity contribution is 5.87. The van der Waals surface area contributed by atoms with Gasteiger partial charge in [0.05, 0.1) is 6.04 Å². The molecule has 0 saturated heterocycles. The zero-order valence-electron chi connectivity index (χ0n) is 12.5. The lowest BCUT2D eigenvalue weighted by atomic mass is 9.86. The van der Waals surface area contributed by atoms with Gasteiger partial charge in [-0.15, -0.1) is 0 Å². The van der Waals surface area contributed by atoms with Gasteiger partial charge in [-0.1, -0.05) is 32.9 Å². The summed E-state index contributed by atoms with van der Waals surface area (Å²) in [5.41, 5.74) is 5.99. The maximum absolute atomic E-state index is 12.0. The lowest BCUT2D eigenvalue weighted by molar-refractivity contribution is -0.145. The maximum Gasteiger partial charge on any atom is 0.326 e.